The van der Waals surface area contributed by atoms with Gasteiger partial charge in [-0.25, -0.2) is 0 Å². The first-order valence-electron chi connectivity index (χ1n) is 7.05. The Balaban J connectivity index is 2.22. The highest BCUT2D eigenvalue weighted by Crippen LogP contribution is 2.72. The van der Waals surface area contributed by atoms with Crippen LogP contribution < -0.4 is 5.32 Å². The van der Waals surface area contributed by atoms with Gasteiger partial charge in [0.1, 0.15) is 0 Å². The molecule has 1 heterocycles. The topological polar surface area (TPSA) is 29.9 Å². The van der Waals surface area contributed by atoms with E-state index in [4.69, 9.17) is 0 Å². The maximum atomic E-state index is 4.61. The van der Waals surface area contributed by atoms with Gasteiger partial charge in [-0.2, -0.15) is 5.10 Å². The average Bonchev–Trinajstić information content (AvgIpc) is 2.64. The molecule has 0 radical (unpaired) electrons. The van der Waals surface area contributed by atoms with Crippen LogP contribution >= 0.6 is 0 Å². The van der Waals surface area contributed by atoms with Crippen molar-refractivity contribution in [3.05, 3.63) is 18.0 Å². The Kier molecular flexibility index (Phi) is 3.30. The third kappa shape index (κ3) is 1.99. The normalized spacial score (nSPS) is 23.0. The van der Waals surface area contributed by atoms with Crippen molar-refractivity contribution >= 4 is 0 Å². The third-order valence-electron chi connectivity index (χ3n) is 5.13. The lowest BCUT2D eigenvalue weighted by Gasteiger charge is -2.18. The molecular formula is C15H27N3. The van der Waals surface area contributed by atoms with Gasteiger partial charge in [0.25, 0.3) is 0 Å². The molecule has 0 saturated heterocycles. The number of nitrogens with one attached hydrogen (secondary N) is 1. The van der Waals surface area contributed by atoms with E-state index in [9.17, 15) is 0 Å². The third-order valence-corrected chi connectivity index (χ3v) is 5.13. The molecule has 0 aliphatic heterocycles. The van der Waals surface area contributed by atoms with Crippen LogP contribution in [0.3, 0.4) is 0 Å². The molecule has 2 rings (SSSR count). The van der Waals surface area contributed by atoms with Crippen LogP contribution in [0.15, 0.2) is 12.3 Å². The van der Waals surface area contributed by atoms with E-state index in [0.29, 0.717) is 22.8 Å². The second-order valence-electron chi connectivity index (χ2n) is 6.77. The second kappa shape index (κ2) is 4.37. The van der Waals surface area contributed by atoms with Crippen molar-refractivity contribution < 1.29 is 0 Å². The van der Waals surface area contributed by atoms with Gasteiger partial charge in [0.2, 0.25) is 0 Å². The van der Waals surface area contributed by atoms with Crippen LogP contribution in [0.4, 0.5) is 0 Å². The molecule has 3 heteroatoms. The molecular weight excluding hydrogens is 222 g/mol. The van der Waals surface area contributed by atoms with E-state index in [2.05, 4.69) is 51.1 Å². The Labute approximate surface area is 111 Å². The number of rotatable bonds is 5. The van der Waals surface area contributed by atoms with E-state index in [1.165, 1.54) is 5.69 Å². The van der Waals surface area contributed by atoms with Crippen molar-refractivity contribution in [2.45, 2.75) is 47.1 Å². The predicted octanol–water partition coefficient (Wildman–Crippen LogP) is 3.14. The lowest BCUT2D eigenvalue weighted by atomic mass is 10.0. The number of hydrogen-bond acceptors (Lipinski definition) is 2. The molecule has 1 aliphatic carbocycles. The summed E-state index contributed by atoms with van der Waals surface area (Å²) in [5.41, 5.74) is 1.96. The van der Waals surface area contributed by atoms with Crippen LogP contribution in [0.1, 0.15) is 52.8 Å². The minimum atomic E-state index is 0.385. The van der Waals surface area contributed by atoms with Gasteiger partial charge in [0, 0.05) is 13.2 Å². The van der Waals surface area contributed by atoms with Crippen molar-refractivity contribution in [2.75, 3.05) is 6.54 Å². The van der Waals surface area contributed by atoms with Crippen molar-refractivity contribution in [2.24, 2.45) is 23.8 Å². The molecule has 1 aliphatic rings. The van der Waals surface area contributed by atoms with Gasteiger partial charge in [-0.05, 0) is 35.8 Å². The van der Waals surface area contributed by atoms with E-state index in [1.54, 1.807) is 0 Å². The highest BCUT2D eigenvalue weighted by Gasteiger charge is 2.67. The van der Waals surface area contributed by atoms with E-state index in [1.807, 2.05) is 17.9 Å². The molecule has 1 N–H and O–H groups in total. The van der Waals surface area contributed by atoms with Gasteiger partial charge in [-0.3, -0.25) is 4.68 Å². The van der Waals surface area contributed by atoms with E-state index in [0.717, 1.165) is 13.0 Å². The molecule has 102 valence electrons. The standard InChI is InChI=1S/C15H27N3/c1-7-9-16-12(11-8-10-18(6)17-11)13-14(2,3)15(13,4)5/h8,10,12-13,16H,7,9H2,1-6H3. The SMILES string of the molecule is CCCNC(c1ccn(C)n1)C1C(C)(C)C1(C)C. The first-order valence-corrected chi connectivity index (χ1v) is 7.05. The van der Waals surface area contributed by atoms with Crippen LogP contribution in [-0.2, 0) is 7.05 Å². The molecule has 1 fully saturated rings. The van der Waals surface area contributed by atoms with Gasteiger partial charge in [0.15, 0.2) is 0 Å². The summed E-state index contributed by atoms with van der Waals surface area (Å²) in [6.07, 6.45) is 3.20. The fraction of sp³-hybridized carbons (Fsp3) is 0.800. The van der Waals surface area contributed by atoms with Crippen LogP contribution in [0, 0.1) is 16.7 Å². The lowest BCUT2D eigenvalue weighted by molar-refractivity contribution is 0.399. The molecule has 1 atom stereocenters. The summed E-state index contributed by atoms with van der Waals surface area (Å²) >= 11 is 0. The minimum absolute atomic E-state index is 0.385. The quantitative estimate of drug-likeness (QED) is 0.869. The summed E-state index contributed by atoms with van der Waals surface area (Å²) in [5, 5.41) is 8.31. The molecule has 1 unspecified atom stereocenters. The molecule has 0 spiro atoms. The second-order valence-corrected chi connectivity index (χ2v) is 6.77. The van der Waals surface area contributed by atoms with Crippen molar-refractivity contribution in [1.82, 2.24) is 15.1 Å². The smallest absolute Gasteiger partial charge is 0.0797 e. The number of nitrogens with zero attached hydrogens (tertiary/aromatic N) is 2. The predicted molar refractivity (Wildman–Crippen MR) is 75.3 cm³/mol. The number of hydrogen-bond donors (Lipinski definition) is 1. The van der Waals surface area contributed by atoms with Gasteiger partial charge >= 0.3 is 0 Å². The zero-order chi connectivity index (χ0) is 13.6. The van der Waals surface area contributed by atoms with Crippen LogP contribution in [-0.4, -0.2) is 16.3 Å². The highest BCUT2D eigenvalue weighted by molar-refractivity contribution is 5.22. The van der Waals surface area contributed by atoms with Gasteiger partial charge in [-0.1, -0.05) is 34.6 Å². The molecule has 1 aromatic heterocycles. The molecule has 18 heavy (non-hydrogen) atoms. The van der Waals surface area contributed by atoms with Gasteiger partial charge in [-0.15, -0.1) is 0 Å². The van der Waals surface area contributed by atoms with Crippen molar-refractivity contribution in [3.8, 4) is 0 Å². The van der Waals surface area contributed by atoms with E-state index in [-0.39, 0.29) is 0 Å². The maximum absolute atomic E-state index is 4.61. The van der Waals surface area contributed by atoms with E-state index < -0.39 is 0 Å². The van der Waals surface area contributed by atoms with Crippen molar-refractivity contribution in [1.29, 1.82) is 0 Å². The molecule has 1 saturated carbocycles. The Morgan fingerprint density at radius 3 is 2.33 bits per heavy atom. The fourth-order valence-corrected chi connectivity index (χ4v) is 3.37. The number of aromatic nitrogens is 2. The Hall–Kier alpha value is -0.830. The first kappa shape index (κ1) is 13.6. The summed E-state index contributed by atoms with van der Waals surface area (Å²) < 4.78 is 1.90. The number of aryl methyl sites for hydroxylation is 1. The van der Waals surface area contributed by atoms with Gasteiger partial charge < -0.3 is 5.32 Å². The van der Waals surface area contributed by atoms with Crippen LogP contribution in [0.5, 0.6) is 0 Å². The summed E-state index contributed by atoms with van der Waals surface area (Å²) in [6, 6.07) is 2.54. The Morgan fingerprint density at radius 1 is 1.33 bits per heavy atom. The van der Waals surface area contributed by atoms with Gasteiger partial charge in [0.05, 0.1) is 11.7 Å². The zero-order valence-corrected chi connectivity index (χ0v) is 12.6. The molecule has 0 amide bonds. The van der Waals surface area contributed by atoms with Crippen LogP contribution in [0.2, 0.25) is 0 Å². The average molecular weight is 249 g/mol. The zero-order valence-electron chi connectivity index (χ0n) is 12.6. The molecule has 3 nitrogen and oxygen atoms in total. The highest BCUT2D eigenvalue weighted by atomic mass is 15.3. The fourth-order valence-electron chi connectivity index (χ4n) is 3.37. The molecule has 0 bridgehead atoms. The largest absolute Gasteiger partial charge is 0.308 e. The van der Waals surface area contributed by atoms with Crippen molar-refractivity contribution in [3.63, 3.8) is 0 Å². The summed E-state index contributed by atoms with van der Waals surface area (Å²) in [5.74, 6) is 0.659. The summed E-state index contributed by atoms with van der Waals surface area (Å²) in [7, 11) is 1.99. The molecule has 0 aromatic carbocycles. The monoisotopic (exact) mass is 249 g/mol. The Morgan fingerprint density at radius 2 is 1.94 bits per heavy atom. The maximum Gasteiger partial charge on any atom is 0.0797 e. The summed E-state index contributed by atoms with van der Waals surface area (Å²) in [6.45, 7) is 12.8. The van der Waals surface area contributed by atoms with Crippen LogP contribution in [0.25, 0.3) is 0 Å². The minimum Gasteiger partial charge on any atom is -0.308 e. The summed E-state index contributed by atoms with van der Waals surface area (Å²) in [4.78, 5) is 0. The molecule has 1 aromatic rings. The Bertz CT molecular complexity index is 403. The van der Waals surface area contributed by atoms with E-state index >= 15 is 0 Å². The lowest BCUT2D eigenvalue weighted by Crippen LogP contribution is -2.26. The first-order chi connectivity index (χ1) is 8.32.